The lowest BCUT2D eigenvalue weighted by Gasteiger charge is -2.33. The number of nitrogens with zero attached hydrogens (tertiary/aromatic N) is 3. The van der Waals surface area contributed by atoms with Crippen LogP contribution in [0.1, 0.15) is 23.2 Å². The van der Waals surface area contributed by atoms with E-state index in [1.165, 1.54) is 0 Å². The highest BCUT2D eigenvalue weighted by Gasteiger charge is 2.23. The summed E-state index contributed by atoms with van der Waals surface area (Å²) in [5.41, 5.74) is 2.35. The Morgan fingerprint density at radius 1 is 1.10 bits per heavy atom. The average molecular weight is 467 g/mol. The number of carbonyl (C=O) groups excluding carboxylic acids is 1. The first-order valence-electron chi connectivity index (χ1n) is 9.92. The van der Waals surface area contributed by atoms with Crippen molar-refractivity contribution in [2.45, 2.75) is 18.9 Å². The molecule has 1 amide bonds. The zero-order valence-electron chi connectivity index (χ0n) is 16.7. The number of nitrogens with one attached hydrogen (secondary N) is 1. The zero-order chi connectivity index (χ0) is 20.9. The number of amides is 1. The van der Waals surface area contributed by atoms with Crippen molar-refractivity contribution in [2.75, 3.05) is 25.1 Å². The number of hydrogen-bond acceptors (Lipinski definition) is 5. The molecule has 1 aliphatic rings. The lowest BCUT2D eigenvalue weighted by molar-refractivity contribution is 0.0933. The van der Waals surface area contributed by atoms with Crippen LogP contribution in [0.2, 0.25) is 0 Å². The number of piperidine rings is 1. The predicted molar refractivity (Wildman–Crippen MR) is 121 cm³/mol. The number of aromatic nitrogens is 2. The Morgan fingerprint density at radius 2 is 1.90 bits per heavy atom. The molecule has 0 saturated carbocycles. The number of carbonyl (C=O) groups is 1. The number of rotatable bonds is 5. The van der Waals surface area contributed by atoms with Crippen LogP contribution in [-0.2, 0) is 0 Å². The highest BCUT2D eigenvalue weighted by molar-refractivity contribution is 9.10. The summed E-state index contributed by atoms with van der Waals surface area (Å²) in [6.45, 7) is 1.61. The van der Waals surface area contributed by atoms with Crippen molar-refractivity contribution in [1.29, 1.82) is 0 Å². The van der Waals surface area contributed by atoms with Crippen LogP contribution in [0, 0.1) is 0 Å². The molecule has 1 atom stereocenters. The SMILES string of the molecule is COc1ccccc1-c1ccc(N2CCCC(NC(=O)c3ccc(Br)cc3)C2)nn1. The highest BCUT2D eigenvalue weighted by Crippen LogP contribution is 2.28. The van der Waals surface area contributed by atoms with E-state index in [-0.39, 0.29) is 11.9 Å². The monoisotopic (exact) mass is 466 g/mol. The topological polar surface area (TPSA) is 67.3 Å². The van der Waals surface area contributed by atoms with Crippen LogP contribution in [0.15, 0.2) is 65.1 Å². The van der Waals surface area contributed by atoms with Crippen molar-refractivity contribution in [3.63, 3.8) is 0 Å². The van der Waals surface area contributed by atoms with Crippen LogP contribution in [0.5, 0.6) is 5.75 Å². The Hall–Kier alpha value is -2.93. The Bertz CT molecular complexity index is 1010. The van der Waals surface area contributed by atoms with E-state index in [0.717, 1.165) is 46.7 Å². The summed E-state index contributed by atoms with van der Waals surface area (Å²) in [5, 5.41) is 12.0. The summed E-state index contributed by atoms with van der Waals surface area (Å²) < 4.78 is 6.38. The maximum Gasteiger partial charge on any atom is 0.251 e. The second kappa shape index (κ2) is 9.26. The first kappa shape index (κ1) is 20.3. The molecule has 1 aromatic heterocycles. The molecule has 3 aromatic rings. The van der Waals surface area contributed by atoms with Gasteiger partial charge in [0.25, 0.3) is 5.91 Å². The molecular formula is C23H23BrN4O2. The lowest BCUT2D eigenvalue weighted by atomic mass is 10.0. The number of hydrogen-bond donors (Lipinski definition) is 1. The maximum atomic E-state index is 12.5. The van der Waals surface area contributed by atoms with Gasteiger partial charge in [0.2, 0.25) is 0 Å². The largest absolute Gasteiger partial charge is 0.496 e. The van der Waals surface area contributed by atoms with Crippen LogP contribution in [0.3, 0.4) is 0 Å². The van der Waals surface area contributed by atoms with Gasteiger partial charge in [-0.25, -0.2) is 0 Å². The Labute approximate surface area is 184 Å². The summed E-state index contributed by atoms with van der Waals surface area (Å²) in [4.78, 5) is 14.7. The van der Waals surface area contributed by atoms with Gasteiger partial charge in [-0.3, -0.25) is 4.79 Å². The van der Waals surface area contributed by atoms with Gasteiger partial charge in [0.05, 0.1) is 12.8 Å². The van der Waals surface area contributed by atoms with Gasteiger partial charge in [0.1, 0.15) is 5.75 Å². The van der Waals surface area contributed by atoms with Gasteiger partial charge in [0.15, 0.2) is 5.82 Å². The Morgan fingerprint density at radius 3 is 2.63 bits per heavy atom. The van der Waals surface area contributed by atoms with E-state index in [4.69, 9.17) is 4.74 Å². The molecule has 0 aliphatic carbocycles. The van der Waals surface area contributed by atoms with Gasteiger partial charge >= 0.3 is 0 Å². The zero-order valence-corrected chi connectivity index (χ0v) is 18.3. The van der Waals surface area contributed by atoms with Gasteiger partial charge < -0.3 is 15.0 Å². The fourth-order valence-electron chi connectivity index (χ4n) is 3.67. The summed E-state index contributed by atoms with van der Waals surface area (Å²) in [6.07, 6.45) is 1.94. The number of para-hydroxylation sites is 1. The summed E-state index contributed by atoms with van der Waals surface area (Å²) in [5.74, 6) is 1.54. The normalized spacial score (nSPS) is 16.2. The van der Waals surface area contributed by atoms with Crippen molar-refractivity contribution in [2.24, 2.45) is 0 Å². The minimum Gasteiger partial charge on any atom is -0.496 e. The number of ether oxygens (including phenoxy) is 1. The van der Waals surface area contributed by atoms with Crippen LogP contribution in [-0.4, -0.2) is 42.3 Å². The molecule has 1 fully saturated rings. The van der Waals surface area contributed by atoms with Crippen LogP contribution in [0.25, 0.3) is 11.3 Å². The van der Waals surface area contributed by atoms with Crippen molar-refractivity contribution >= 4 is 27.7 Å². The molecule has 0 radical (unpaired) electrons. The van der Waals surface area contributed by atoms with Gasteiger partial charge in [0, 0.05) is 34.7 Å². The van der Waals surface area contributed by atoms with Crippen LogP contribution >= 0.6 is 15.9 Å². The second-order valence-corrected chi connectivity index (χ2v) is 8.16. The molecule has 0 spiro atoms. The molecule has 7 heteroatoms. The molecule has 0 bridgehead atoms. The standard InChI is InChI=1S/C23H23BrN4O2/c1-30-21-7-3-2-6-19(21)20-12-13-22(27-26-20)28-14-4-5-18(15-28)25-23(29)16-8-10-17(24)11-9-16/h2-3,6-13,18H,4-5,14-15H2,1H3,(H,25,29). The van der Waals surface area contributed by atoms with Crippen molar-refractivity contribution in [1.82, 2.24) is 15.5 Å². The van der Waals surface area contributed by atoms with E-state index in [1.54, 1.807) is 7.11 Å². The minimum atomic E-state index is -0.0491. The fourth-order valence-corrected chi connectivity index (χ4v) is 3.93. The minimum absolute atomic E-state index is 0.0491. The van der Waals surface area contributed by atoms with Crippen LogP contribution in [0.4, 0.5) is 5.82 Å². The predicted octanol–water partition coefficient (Wildman–Crippen LogP) is 4.31. The van der Waals surface area contributed by atoms with Crippen LogP contribution < -0.4 is 15.0 Å². The summed E-state index contributed by atoms with van der Waals surface area (Å²) >= 11 is 3.40. The second-order valence-electron chi connectivity index (χ2n) is 7.24. The molecular weight excluding hydrogens is 444 g/mol. The van der Waals surface area contributed by atoms with Gasteiger partial charge in [-0.05, 0) is 61.4 Å². The molecule has 30 heavy (non-hydrogen) atoms. The first-order valence-corrected chi connectivity index (χ1v) is 10.7. The Kier molecular flexibility index (Phi) is 6.28. The van der Waals surface area contributed by atoms with E-state index in [1.807, 2.05) is 60.7 Å². The van der Waals surface area contributed by atoms with E-state index in [9.17, 15) is 4.79 Å². The van der Waals surface area contributed by atoms with E-state index >= 15 is 0 Å². The first-order chi connectivity index (χ1) is 14.6. The number of methoxy groups -OCH3 is 1. The summed E-state index contributed by atoms with van der Waals surface area (Å²) in [7, 11) is 1.65. The molecule has 1 saturated heterocycles. The van der Waals surface area contributed by atoms with Crippen molar-refractivity contribution < 1.29 is 9.53 Å². The molecule has 2 heterocycles. The molecule has 1 aliphatic heterocycles. The molecule has 4 rings (SSSR count). The van der Waals surface area contributed by atoms with E-state index in [2.05, 4.69) is 36.3 Å². The van der Waals surface area contributed by atoms with Crippen molar-refractivity contribution in [3.8, 4) is 17.0 Å². The molecule has 2 aromatic carbocycles. The van der Waals surface area contributed by atoms with Gasteiger partial charge in [-0.2, -0.15) is 0 Å². The van der Waals surface area contributed by atoms with E-state index in [0.29, 0.717) is 12.1 Å². The average Bonchev–Trinajstić information content (AvgIpc) is 2.80. The molecule has 1 N–H and O–H groups in total. The third kappa shape index (κ3) is 4.62. The highest BCUT2D eigenvalue weighted by atomic mass is 79.9. The lowest BCUT2D eigenvalue weighted by Crippen LogP contribution is -2.48. The molecule has 154 valence electrons. The number of halogens is 1. The number of anilines is 1. The molecule has 1 unspecified atom stereocenters. The van der Waals surface area contributed by atoms with Gasteiger partial charge in [-0.15, -0.1) is 10.2 Å². The fraction of sp³-hybridized carbons (Fsp3) is 0.261. The number of benzene rings is 2. The van der Waals surface area contributed by atoms with Gasteiger partial charge in [-0.1, -0.05) is 28.1 Å². The quantitative estimate of drug-likeness (QED) is 0.606. The molecule has 6 nitrogen and oxygen atoms in total. The van der Waals surface area contributed by atoms with E-state index < -0.39 is 0 Å². The maximum absolute atomic E-state index is 12.5. The third-order valence-corrected chi connectivity index (χ3v) is 5.75. The Balaban J connectivity index is 1.43. The smallest absolute Gasteiger partial charge is 0.251 e. The van der Waals surface area contributed by atoms with Crippen molar-refractivity contribution in [3.05, 3.63) is 70.7 Å². The summed E-state index contributed by atoms with van der Waals surface area (Å²) in [6, 6.07) is 19.2. The third-order valence-electron chi connectivity index (χ3n) is 5.22.